The van der Waals surface area contributed by atoms with E-state index in [2.05, 4.69) is 10.2 Å². The van der Waals surface area contributed by atoms with E-state index in [0.717, 1.165) is 0 Å². The van der Waals surface area contributed by atoms with Crippen molar-refractivity contribution in [1.29, 1.82) is 0 Å². The van der Waals surface area contributed by atoms with Crippen molar-refractivity contribution >= 4 is 5.82 Å². The lowest BCUT2D eigenvalue weighted by Crippen LogP contribution is -1.93. The number of aromatic hydroxyl groups is 2. The Labute approximate surface area is 85.8 Å². The van der Waals surface area contributed by atoms with Crippen LogP contribution in [0.25, 0.3) is 11.3 Å². The number of hydrogen-bond donors (Lipinski definition) is 3. The molecule has 4 N–H and O–H groups in total. The highest BCUT2D eigenvalue weighted by Crippen LogP contribution is 2.26. The molecular formula is C10H9N3O2. The molecule has 0 aliphatic rings. The minimum absolute atomic E-state index is 0.0244. The van der Waals surface area contributed by atoms with Crippen molar-refractivity contribution in [2.75, 3.05) is 5.73 Å². The molecule has 1 heterocycles. The van der Waals surface area contributed by atoms with Gasteiger partial charge in [0, 0.05) is 11.6 Å². The molecule has 0 unspecified atom stereocenters. The maximum Gasteiger partial charge on any atom is 0.146 e. The number of nitrogen functional groups attached to an aromatic ring is 1. The normalized spacial score (nSPS) is 10.1. The summed E-state index contributed by atoms with van der Waals surface area (Å²) in [5.41, 5.74) is 6.51. The Kier molecular flexibility index (Phi) is 2.13. The molecule has 2 aromatic rings. The molecule has 0 saturated heterocycles. The average molecular weight is 203 g/mol. The highest BCUT2D eigenvalue weighted by molar-refractivity contribution is 5.63. The summed E-state index contributed by atoms with van der Waals surface area (Å²) in [4.78, 5) is 0. The van der Waals surface area contributed by atoms with Gasteiger partial charge in [0.25, 0.3) is 0 Å². The van der Waals surface area contributed by atoms with Crippen molar-refractivity contribution < 1.29 is 10.2 Å². The Balaban J connectivity index is 2.49. The molecule has 1 aromatic carbocycles. The first-order valence-corrected chi connectivity index (χ1v) is 4.28. The summed E-state index contributed by atoms with van der Waals surface area (Å²) in [6.45, 7) is 0. The lowest BCUT2D eigenvalue weighted by Gasteiger charge is -2.02. The third-order valence-electron chi connectivity index (χ3n) is 1.88. The Morgan fingerprint density at radius 2 is 1.60 bits per heavy atom. The molecule has 1 aromatic heterocycles. The van der Waals surface area contributed by atoms with Crippen LogP contribution in [0.2, 0.25) is 0 Å². The first-order chi connectivity index (χ1) is 7.15. The largest absolute Gasteiger partial charge is 0.508 e. The zero-order chi connectivity index (χ0) is 10.8. The second kappa shape index (κ2) is 3.45. The van der Waals surface area contributed by atoms with Crippen molar-refractivity contribution in [3.05, 3.63) is 30.3 Å². The van der Waals surface area contributed by atoms with E-state index >= 15 is 0 Å². The van der Waals surface area contributed by atoms with E-state index < -0.39 is 0 Å². The van der Waals surface area contributed by atoms with Crippen LogP contribution in [0.3, 0.4) is 0 Å². The van der Waals surface area contributed by atoms with Crippen LogP contribution in [0, 0.1) is 0 Å². The monoisotopic (exact) mass is 203 g/mol. The van der Waals surface area contributed by atoms with E-state index in [9.17, 15) is 10.2 Å². The maximum absolute atomic E-state index is 9.28. The SMILES string of the molecule is Nc1ccc(-c2cc(O)cc(O)c2)nn1. The van der Waals surface area contributed by atoms with Gasteiger partial charge < -0.3 is 15.9 Å². The van der Waals surface area contributed by atoms with Gasteiger partial charge in [-0.25, -0.2) is 0 Å². The Morgan fingerprint density at radius 1 is 0.933 bits per heavy atom. The zero-order valence-electron chi connectivity index (χ0n) is 7.75. The molecule has 0 saturated carbocycles. The first-order valence-electron chi connectivity index (χ1n) is 4.28. The summed E-state index contributed by atoms with van der Waals surface area (Å²) in [6.07, 6.45) is 0. The number of hydrogen-bond acceptors (Lipinski definition) is 5. The van der Waals surface area contributed by atoms with Gasteiger partial charge in [0.1, 0.15) is 17.3 Å². The molecule has 0 atom stereocenters. The minimum Gasteiger partial charge on any atom is -0.508 e. The smallest absolute Gasteiger partial charge is 0.146 e. The lowest BCUT2D eigenvalue weighted by atomic mass is 10.1. The second-order valence-electron chi connectivity index (χ2n) is 3.08. The van der Waals surface area contributed by atoms with Gasteiger partial charge in [-0.2, -0.15) is 0 Å². The van der Waals surface area contributed by atoms with E-state index in [-0.39, 0.29) is 11.5 Å². The number of aromatic nitrogens is 2. The topological polar surface area (TPSA) is 92.3 Å². The zero-order valence-corrected chi connectivity index (χ0v) is 7.75. The molecule has 0 aliphatic carbocycles. The van der Waals surface area contributed by atoms with Crippen molar-refractivity contribution in [2.24, 2.45) is 0 Å². The molecule has 15 heavy (non-hydrogen) atoms. The van der Waals surface area contributed by atoms with E-state index in [1.54, 1.807) is 12.1 Å². The molecule has 0 bridgehead atoms. The van der Waals surface area contributed by atoms with Gasteiger partial charge >= 0.3 is 0 Å². The summed E-state index contributed by atoms with van der Waals surface area (Å²) in [7, 11) is 0. The second-order valence-corrected chi connectivity index (χ2v) is 3.08. The van der Waals surface area contributed by atoms with Gasteiger partial charge in [-0.15, -0.1) is 10.2 Å². The molecule has 2 rings (SSSR count). The van der Waals surface area contributed by atoms with E-state index in [1.807, 2.05) is 0 Å². The number of benzene rings is 1. The molecule has 76 valence electrons. The Hall–Kier alpha value is -2.30. The van der Waals surface area contributed by atoms with E-state index in [1.165, 1.54) is 18.2 Å². The summed E-state index contributed by atoms with van der Waals surface area (Å²) in [5, 5.41) is 26.1. The van der Waals surface area contributed by atoms with Crippen molar-refractivity contribution in [1.82, 2.24) is 10.2 Å². The summed E-state index contributed by atoms with van der Waals surface area (Å²) in [5.74, 6) is 0.273. The van der Waals surface area contributed by atoms with Crippen molar-refractivity contribution in [3.63, 3.8) is 0 Å². The van der Waals surface area contributed by atoms with Gasteiger partial charge in [0.2, 0.25) is 0 Å². The highest BCUT2D eigenvalue weighted by atomic mass is 16.3. The summed E-state index contributed by atoms with van der Waals surface area (Å²) >= 11 is 0. The predicted octanol–water partition coefficient (Wildman–Crippen LogP) is 1.14. The fraction of sp³-hybridized carbons (Fsp3) is 0. The molecule has 0 spiro atoms. The van der Waals surface area contributed by atoms with Crippen LogP contribution in [-0.2, 0) is 0 Å². The fourth-order valence-corrected chi connectivity index (χ4v) is 1.24. The van der Waals surface area contributed by atoms with Crippen LogP contribution >= 0.6 is 0 Å². The van der Waals surface area contributed by atoms with Gasteiger partial charge in [-0.05, 0) is 24.3 Å². The summed E-state index contributed by atoms with van der Waals surface area (Å²) in [6, 6.07) is 7.48. The average Bonchev–Trinajstić information content (AvgIpc) is 2.17. The van der Waals surface area contributed by atoms with Gasteiger partial charge in [0.15, 0.2) is 0 Å². The van der Waals surface area contributed by atoms with Crippen LogP contribution in [-0.4, -0.2) is 20.4 Å². The molecular weight excluding hydrogens is 194 g/mol. The molecule has 0 fully saturated rings. The third kappa shape index (κ3) is 1.96. The summed E-state index contributed by atoms with van der Waals surface area (Å²) < 4.78 is 0. The number of phenolic OH excluding ortho intramolecular Hbond substituents is 2. The van der Waals surface area contributed by atoms with E-state index in [0.29, 0.717) is 17.1 Å². The quantitative estimate of drug-likeness (QED) is 0.646. The first kappa shape index (κ1) is 9.26. The Bertz CT molecular complexity index is 462. The fourth-order valence-electron chi connectivity index (χ4n) is 1.24. The lowest BCUT2D eigenvalue weighted by molar-refractivity contribution is 0.451. The van der Waals surface area contributed by atoms with E-state index in [4.69, 9.17) is 5.73 Å². The predicted molar refractivity (Wildman–Crippen MR) is 55.2 cm³/mol. The number of nitrogens with two attached hydrogens (primary N) is 1. The van der Waals surface area contributed by atoms with Crippen molar-refractivity contribution in [2.45, 2.75) is 0 Å². The van der Waals surface area contributed by atoms with Crippen LogP contribution < -0.4 is 5.73 Å². The molecule has 5 nitrogen and oxygen atoms in total. The maximum atomic E-state index is 9.28. The molecule has 0 amide bonds. The number of phenols is 2. The highest BCUT2D eigenvalue weighted by Gasteiger charge is 2.03. The standard InChI is InChI=1S/C10H9N3O2/c11-10-2-1-9(12-13-10)6-3-7(14)5-8(15)4-6/h1-5,14-15H,(H2,11,13). The number of rotatable bonds is 1. The molecule has 0 aliphatic heterocycles. The van der Waals surface area contributed by atoms with Crippen LogP contribution in [0.5, 0.6) is 11.5 Å². The van der Waals surface area contributed by atoms with Gasteiger partial charge in [-0.3, -0.25) is 0 Å². The van der Waals surface area contributed by atoms with Gasteiger partial charge in [0.05, 0.1) is 5.69 Å². The minimum atomic E-state index is -0.0244. The van der Waals surface area contributed by atoms with Gasteiger partial charge in [-0.1, -0.05) is 0 Å². The Morgan fingerprint density at radius 3 is 2.13 bits per heavy atom. The van der Waals surface area contributed by atoms with Crippen LogP contribution in [0.4, 0.5) is 5.82 Å². The number of nitrogens with zero attached hydrogens (tertiary/aromatic N) is 2. The molecule has 0 radical (unpaired) electrons. The van der Waals surface area contributed by atoms with Crippen molar-refractivity contribution in [3.8, 4) is 22.8 Å². The molecule has 5 heteroatoms. The van der Waals surface area contributed by atoms with Crippen LogP contribution in [0.15, 0.2) is 30.3 Å². The third-order valence-corrected chi connectivity index (χ3v) is 1.88. The van der Waals surface area contributed by atoms with Crippen LogP contribution in [0.1, 0.15) is 0 Å². The number of anilines is 1.